The molecule has 0 aliphatic heterocycles. The molecule has 4 N–H and O–H groups in total. The first-order valence-electron chi connectivity index (χ1n) is 6.57. The van der Waals surface area contributed by atoms with Crippen molar-refractivity contribution in [1.29, 1.82) is 0 Å². The number of nitrogens with two attached hydrogens (primary N) is 1. The van der Waals surface area contributed by atoms with Crippen molar-refractivity contribution >= 4 is 16.8 Å². The average Bonchev–Trinajstić information content (AvgIpc) is 3.15. The van der Waals surface area contributed by atoms with E-state index in [-0.39, 0.29) is 12.5 Å². The van der Waals surface area contributed by atoms with Gasteiger partial charge in [0.2, 0.25) is 12.3 Å². The Bertz CT molecular complexity index is 735. The first-order valence-corrected chi connectivity index (χ1v) is 6.57. The molecule has 3 rings (SSSR count). The van der Waals surface area contributed by atoms with Crippen molar-refractivity contribution in [3.05, 3.63) is 48.2 Å². The molecule has 0 aliphatic rings. The topological polar surface area (TPSA) is 110 Å². The van der Waals surface area contributed by atoms with Crippen molar-refractivity contribution in [3.63, 3.8) is 0 Å². The normalized spacial score (nSPS) is 12.4. The summed E-state index contributed by atoms with van der Waals surface area (Å²) in [7, 11) is 0. The number of aromatic amines is 1. The molecule has 0 spiro atoms. The van der Waals surface area contributed by atoms with Crippen LogP contribution in [-0.4, -0.2) is 27.1 Å². The van der Waals surface area contributed by atoms with Gasteiger partial charge in [-0.15, -0.1) is 0 Å². The molecule has 1 amide bonds. The van der Waals surface area contributed by atoms with Gasteiger partial charge in [0, 0.05) is 17.1 Å². The van der Waals surface area contributed by atoms with Crippen molar-refractivity contribution in [1.82, 2.24) is 20.4 Å². The van der Waals surface area contributed by atoms with Gasteiger partial charge in [-0.25, -0.2) is 0 Å². The van der Waals surface area contributed by atoms with Gasteiger partial charge in [0.05, 0.1) is 12.6 Å². The third kappa shape index (κ3) is 2.92. The summed E-state index contributed by atoms with van der Waals surface area (Å²) in [6.45, 7) is 0.205. The summed E-state index contributed by atoms with van der Waals surface area (Å²) in [5, 5.41) is 7.39. The second kappa shape index (κ2) is 5.76. The molecule has 2 aromatic heterocycles. The molecule has 0 saturated carbocycles. The van der Waals surface area contributed by atoms with Crippen molar-refractivity contribution in [2.24, 2.45) is 5.73 Å². The SMILES string of the molecule is NC(Cc1c[nH]c2ccccc12)C(=O)NCc1ncon1. The predicted molar refractivity (Wildman–Crippen MR) is 76.1 cm³/mol. The summed E-state index contributed by atoms with van der Waals surface area (Å²) in [5.74, 6) is 0.174. The van der Waals surface area contributed by atoms with Gasteiger partial charge in [-0.3, -0.25) is 4.79 Å². The number of hydrogen-bond donors (Lipinski definition) is 3. The third-order valence-electron chi connectivity index (χ3n) is 3.28. The number of fused-ring (bicyclic) bond motifs is 1. The number of rotatable bonds is 5. The second-order valence-electron chi connectivity index (χ2n) is 4.74. The number of benzene rings is 1. The number of para-hydroxylation sites is 1. The molecule has 2 heterocycles. The Labute approximate surface area is 120 Å². The quantitative estimate of drug-likeness (QED) is 0.640. The first-order chi connectivity index (χ1) is 10.2. The average molecular weight is 285 g/mol. The van der Waals surface area contributed by atoms with E-state index >= 15 is 0 Å². The number of hydrogen-bond acceptors (Lipinski definition) is 5. The van der Waals surface area contributed by atoms with E-state index in [0.717, 1.165) is 16.5 Å². The zero-order chi connectivity index (χ0) is 14.7. The van der Waals surface area contributed by atoms with Crippen LogP contribution in [0.3, 0.4) is 0 Å². The fourth-order valence-electron chi connectivity index (χ4n) is 2.20. The first kappa shape index (κ1) is 13.3. The fourth-order valence-corrected chi connectivity index (χ4v) is 2.20. The number of H-pyrrole nitrogens is 1. The third-order valence-corrected chi connectivity index (χ3v) is 3.28. The van der Waals surface area contributed by atoms with Crippen molar-refractivity contribution < 1.29 is 9.32 Å². The summed E-state index contributed by atoms with van der Waals surface area (Å²) >= 11 is 0. The Morgan fingerprint density at radius 3 is 3.10 bits per heavy atom. The molecule has 3 aromatic rings. The Morgan fingerprint density at radius 2 is 2.29 bits per heavy atom. The summed E-state index contributed by atoms with van der Waals surface area (Å²) in [5.41, 5.74) is 8.00. The van der Waals surface area contributed by atoms with E-state index in [2.05, 4.69) is 25.0 Å². The van der Waals surface area contributed by atoms with Crippen LogP contribution in [0.25, 0.3) is 10.9 Å². The van der Waals surface area contributed by atoms with E-state index in [1.54, 1.807) is 0 Å². The van der Waals surface area contributed by atoms with Gasteiger partial charge < -0.3 is 20.6 Å². The van der Waals surface area contributed by atoms with E-state index in [9.17, 15) is 4.79 Å². The summed E-state index contributed by atoms with van der Waals surface area (Å²) < 4.78 is 4.59. The monoisotopic (exact) mass is 285 g/mol. The maximum absolute atomic E-state index is 12.0. The Morgan fingerprint density at radius 1 is 1.43 bits per heavy atom. The molecule has 0 radical (unpaired) electrons. The van der Waals surface area contributed by atoms with Gasteiger partial charge in [-0.1, -0.05) is 23.4 Å². The van der Waals surface area contributed by atoms with E-state index in [1.165, 1.54) is 6.39 Å². The van der Waals surface area contributed by atoms with Crippen LogP contribution < -0.4 is 11.1 Å². The molecule has 7 heteroatoms. The Hall–Kier alpha value is -2.67. The lowest BCUT2D eigenvalue weighted by Gasteiger charge is -2.10. The lowest BCUT2D eigenvalue weighted by Crippen LogP contribution is -2.41. The smallest absolute Gasteiger partial charge is 0.237 e. The number of nitrogens with one attached hydrogen (secondary N) is 2. The van der Waals surface area contributed by atoms with Gasteiger partial charge >= 0.3 is 0 Å². The lowest BCUT2D eigenvalue weighted by atomic mass is 10.1. The van der Waals surface area contributed by atoms with E-state index < -0.39 is 6.04 Å². The molecule has 108 valence electrons. The van der Waals surface area contributed by atoms with Crippen LogP contribution >= 0.6 is 0 Å². The molecule has 1 unspecified atom stereocenters. The summed E-state index contributed by atoms with van der Waals surface area (Å²) in [6, 6.07) is 7.28. The number of aromatic nitrogens is 3. The maximum atomic E-state index is 12.0. The predicted octanol–water partition coefficient (Wildman–Crippen LogP) is 0.737. The standard InChI is InChI=1S/C14H15N5O2/c15-11(14(20)17-7-13-18-8-21-19-13)5-9-6-16-12-4-2-1-3-10(9)12/h1-4,6,8,11,16H,5,7,15H2,(H,17,20). The van der Waals surface area contributed by atoms with Crippen LogP contribution in [0.5, 0.6) is 0 Å². The zero-order valence-electron chi connectivity index (χ0n) is 11.2. The lowest BCUT2D eigenvalue weighted by molar-refractivity contribution is -0.122. The Kier molecular flexibility index (Phi) is 3.65. The highest BCUT2D eigenvalue weighted by Crippen LogP contribution is 2.18. The van der Waals surface area contributed by atoms with Crippen molar-refractivity contribution in [3.8, 4) is 0 Å². The summed E-state index contributed by atoms with van der Waals surface area (Å²) in [6.07, 6.45) is 3.56. The molecule has 1 atom stereocenters. The van der Waals surface area contributed by atoms with Crippen molar-refractivity contribution in [2.75, 3.05) is 0 Å². The van der Waals surface area contributed by atoms with E-state index in [4.69, 9.17) is 5.73 Å². The summed E-state index contributed by atoms with van der Waals surface area (Å²) in [4.78, 5) is 19.0. The largest absolute Gasteiger partial charge is 0.361 e. The number of amides is 1. The molecular formula is C14H15N5O2. The van der Waals surface area contributed by atoms with Crippen LogP contribution in [0.1, 0.15) is 11.4 Å². The number of carbonyl (C=O) groups is 1. The molecule has 0 fully saturated rings. The second-order valence-corrected chi connectivity index (χ2v) is 4.74. The molecule has 0 aliphatic carbocycles. The van der Waals surface area contributed by atoms with E-state index in [1.807, 2.05) is 30.5 Å². The highest BCUT2D eigenvalue weighted by Gasteiger charge is 2.16. The van der Waals surface area contributed by atoms with Gasteiger partial charge in [0.1, 0.15) is 0 Å². The van der Waals surface area contributed by atoms with E-state index in [0.29, 0.717) is 12.2 Å². The molecular weight excluding hydrogens is 270 g/mol. The zero-order valence-corrected chi connectivity index (χ0v) is 11.2. The van der Waals surface area contributed by atoms with Crippen LogP contribution in [0, 0.1) is 0 Å². The van der Waals surface area contributed by atoms with Gasteiger partial charge in [0.25, 0.3) is 0 Å². The molecule has 0 saturated heterocycles. The van der Waals surface area contributed by atoms with Crippen LogP contribution in [0.2, 0.25) is 0 Å². The molecule has 0 bridgehead atoms. The minimum absolute atomic E-state index is 0.205. The Balaban J connectivity index is 1.62. The van der Waals surface area contributed by atoms with Gasteiger partial charge in [0.15, 0.2) is 5.82 Å². The molecule has 7 nitrogen and oxygen atoms in total. The maximum Gasteiger partial charge on any atom is 0.237 e. The van der Waals surface area contributed by atoms with Gasteiger partial charge in [-0.05, 0) is 18.1 Å². The minimum atomic E-state index is -0.629. The molecule has 1 aromatic carbocycles. The minimum Gasteiger partial charge on any atom is -0.361 e. The highest BCUT2D eigenvalue weighted by atomic mass is 16.5. The molecule has 21 heavy (non-hydrogen) atoms. The van der Waals surface area contributed by atoms with Crippen LogP contribution in [0.4, 0.5) is 0 Å². The van der Waals surface area contributed by atoms with Crippen molar-refractivity contribution in [2.45, 2.75) is 19.0 Å². The number of carbonyl (C=O) groups excluding carboxylic acids is 1. The van der Waals surface area contributed by atoms with Gasteiger partial charge in [-0.2, -0.15) is 4.98 Å². The van der Waals surface area contributed by atoms with Crippen LogP contribution in [0.15, 0.2) is 41.4 Å². The highest BCUT2D eigenvalue weighted by molar-refractivity contribution is 5.86. The fraction of sp³-hybridized carbons (Fsp3) is 0.214. The number of nitrogens with zero attached hydrogens (tertiary/aromatic N) is 2. The van der Waals surface area contributed by atoms with Crippen LogP contribution in [-0.2, 0) is 17.8 Å².